The summed E-state index contributed by atoms with van der Waals surface area (Å²) in [6.07, 6.45) is 2.30. The van der Waals surface area contributed by atoms with Crippen molar-refractivity contribution in [2.75, 3.05) is 18.4 Å². The van der Waals surface area contributed by atoms with Gasteiger partial charge in [-0.25, -0.2) is 9.89 Å². The van der Waals surface area contributed by atoms with Gasteiger partial charge in [-0.2, -0.15) is 0 Å². The highest BCUT2D eigenvalue weighted by atomic mass is 35.5. The van der Waals surface area contributed by atoms with E-state index < -0.39 is 5.76 Å². The van der Waals surface area contributed by atoms with E-state index in [1.165, 1.54) is 0 Å². The first-order valence-corrected chi connectivity index (χ1v) is 8.25. The Hall–Kier alpha value is -1.21. The Morgan fingerprint density at radius 2 is 2.00 bits per heavy atom. The maximum absolute atomic E-state index is 11.2. The van der Waals surface area contributed by atoms with Gasteiger partial charge in [-0.1, -0.05) is 11.6 Å². The van der Waals surface area contributed by atoms with Crippen LogP contribution in [-0.2, 0) is 0 Å². The summed E-state index contributed by atoms with van der Waals surface area (Å²) in [5.41, 5.74) is 2.48. The van der Waals surface area contributed by atoms with Crippen LogP contribution >= 0.6 is 36.4 Å². The molecule has 0 bridgehead atoms. The van der Waals surface area contributed by atoms with Gasteiger partial charge in [-0.05, 0) is 63.4 Å². The van der Waals surface area contributed by atoms with E-state index in [0.717, 1.165) is 42.7 Å². The first-order valence-electron chi connectivity index (χ1n) is 7.88. The Labute approximate surface area is 163 Å². The summed E-state index contributed by atoms with van der Waals surface area (Å²) in [7, 11) is 0. The fourth-order valence-electron chi connectivity index (χ4n) is 3.06. The fraction of sp³-hybridized carbons (Fsp3) is 0.500. The summed E-state index contributed by atoms with van der Waals surface area (Å²) >= 11 is 6.45. The molecule has 1 fully saturated rings. The van der Waals surface area contributed by atoms with Gasteiger partial charge >= 0.3 is 5.76 Å². The lowest BCUT2D eigenvalue weighted by atomic mass is 9.91. The number of aromatic nitrogens is 2. The maximum atomic E-state index is 11.2. The van der Waals surface area contributed by atoms with E-state index in [-0.39, 0.29) is 30.7 Å². The van der Waals surface area contributed by atoms with Crippen LogP contribution in [0.1, 0.15) is 25.3 Å². The zero-order chi connectivity index (χ0) is 16.4. The Balaban J connectivity index is 0.00000156. The van der Waals surface area contributed by atoms with Gasteiger partial charge in [0.15, 0.2) is 0 Å². The van der Waals surface area contributed by atoms with Gasteiger partial charge in [0.1, 0.15) is 0 Å². The van der Waals surface area contributed by atoms with Crippen LogP contribution < -0.4 is 16.4 Å². The number of nitrogens with zero attached hydrogens (tertiary/aromatic N) is 1. The molecule has 0 aliphatic carbocycles. The van der Waals surface area contributed by atoms with E-state index in [0.29, 0.717) is 17.0 Å². The average molecular weight is 410 g/mol. The molecule has 1 aliphatic rings. The van der Waals surface area contributed by atoms with Gasteiger partial charge in [0.05, 0.1) is 10.7 Å². The van der Waals surface area contributed by atoms with Crippen LogP contribution in [0.2, 0.25) is 5.02 Å². The van der Waals surface area contributed by atoms with Gasteiger partial charge < -0.3 is 15.1 Å². The third-order valence-electron chi connectivity index (χ3n) is 4.41. The van der Waals surface area contributed by atoms with Crippen LogP contribution in [0.4, 0.5) is 5.69 Å². The van der Waals surface area contributed by atoms with Gasteiger partial charge in [-0.15, -0.1) is 29.9 Å². The number of piperidine rings is 1. The number of H-pyrrole nitrogens is 1. The molecule has 1 aromatic heterocycles. The molecule has 6 nitrogen and oxygen atoms in total. The molecule has 3 N–H and O–H groups in total. The average Bonchev–Trinajstić information content (AvgIpc) is 2.99. The Bertz CT molecular complexity index is 741. The van der Waals surface area contributed by atoms with Crippen LogP contribution in [0.3, 0.4) is 0 Å². The number of aryl methyl sites for hydroxylation is 1. The second-order valence-corrected chi connectivity index (χ2v) is 6.47. The molecule has 3 rings (SSSR count). The monoisotopic (exact) mass is 408 g/mol. The topological polar surface area (TPSA) is 83.0 Å². The maximum Gasteiger partial charge on any atom is 0.434 e. The van der Waals surface area contributed by atoms with Crippen molar-refractivity contribution in [3.05, 3.63) is 33.3 Å². The van der Waals surface area contributed by atoms with Crippen molar-refractivity contribution in [3.63, 3.8) is 0 Å². The lowest BCUT2D eigenvalue weighted by molar-refractivity contribution is 0.343. The number of nitrogens with one attached hydrogen (secondary N) is 3. The molecule has 0 saturated carbocycles. The molecule has 25 heavy (non-hydrogen) atoms. The Morgan fingerprint density at radius 3 is 2.60 bits per heavy atom. The smallest absolute Gasteiger partial charge is 0.388 e. The van der Waals surface area contributed by atoms with E-state index in [9.17, 15) is 4.79 Å². The summed E-state index contributed by atoms with van der Waals surface area (Å²) < 4.78 is 5.04. The molecule has 9 heteroatoms. The number of hydrogen-bond acceptors (Lipinski definition) is 5. The molecule has 2 heterocycles. The van der Waals surface area contributed by atoms with E-state index in [1.807, 2.05) is 19.1 Å². The van der Waals surface area contributed by atoms with E-state index >= 15 is 0 Å². The van der Waals surface area contributed by atoms with Crippen molar-refractivity contribution < 1.29 is 4.42 Å². The molecule has 0 radical (unpaired) electrons. The lowest BCUT2D eigenvalue weighted by Gasteiger charge is -2.30. The predicted molar refractivity (Wildman–Crippen MR) is 105 cm³/mol. The SMILES string of the molecule is Cc1cc(-c2n[nH]c(=O)o2)cc(N[C@@H](C)C2CCNCC2)c1Cl.Cl.Cl. The van der Waals surface area contributed by atoms with Gasteiger partial charge in [0, 0.05) is 11.6 Å². The van der Waals surface area contributed by atoms with Gasteiger partial charge in [0.25, 0.3) is 0 Å². The summed E-state index contributed by atoms with van der Waals surface area (Å²) in [6.45, 7) is 6.23. The minimum absolute atomic E-state index is 0. The zero-order valence-corrected chi connectivity index (χ0v) is 16.5. The second-order valence-electron chi connectivity index (χ2n) is 6.09. The first kappa shape index (κ1) is 21.8. The van der Waals surface area contributed by atoms with Crippen LogP contribution in [0, 0.1) is 12.8 Å². The second kappa shape index (κ2) is 9.48. The number of aromatic amines is 1. The minimum Gasteiger partial charge on any atom is -0.388 e. The number of rotatable bonds is 4. The molecular formula is C16H23Cl3N4O2. The molecule has 140 valence electrons. The first-order chi connectivity index (χ1) is 11.0. The zero-order valence-electron chi connectivity index (χ0n) is 14.1. The quantitative estimate of drug-likeness (QED) is 0.718. The van der Waals surface area contributed by atoms with E-state index in [2.05, 4.69) is 27.8 Å². The standard InChI is InChI=1S/C16H21ClN4O2.2ClH/c1-9-7-12(15-20-21-16(22)23-15)8-13(14(9)17)19-10(2)11-3-5-18-6-4-11;;/h7-8,10-11,18-19H,3-6H2,1-2H3,(H,21,22);2*1H/t10-;;/m0../s1. The summed E-state index contributed by atoms with van der Waals surface area (Å²) in [5.74, 6) is 0.317. The number of anilines is 1. The van der Waals surface area contributed by atoms with Crippen LogP contribution in [0.5, 0.6) is 0 Å². The third kappa shape index (κ3) is 5.14. The van der Waals surface area contributed by atoms with E-state index in [4.69, 9.17) is 16.0 Å². The van der Waals surface area contributed by atoms with Gasteiger partial charge in [-0.3, -0.25) is 0 Å². The van der Waals surface area contributed by atoms with Crippen molar-refractivity contribution in [2.24, 2.45) is 5.92 Å². The molecular weight excluding hydrogens is 387 g/mol. The predicted octanol–water partition coefficient (Wildman–Crippen LogP) is 3.64. The normalized spacial score (nSPS) is 15.8. The number of benzene rings is 1. The highest BCUT2D eigenvalue weighted by Gasteiger charge is 2.21. The molecule has 1 aliphatic heterocycles. The molecule has 0 amide bonds. The van der Waals surface area contributed by atoms with Crippen molar-refractivity contribution >= 4 is 42.1 Å². The summed E-state index contributed by atoms with van der Waals surface area (Å²) in [6, 6.07) is 4.06. The van der Waals surface area contributed by atoms with E-state index in [1.54, 1.807) is 0 Å². The van der Waals surface area contributed by atoms with Crippen LogP contribution in [0.15, 0.2) is 21.3 Å². The van der Waals surface area contributed by atoms with Crippen LogP contribution in [-0.4, -0.2) is 29.3 Å². The highest BCUT2D eigenvalue weighted by Crippen LogP contribution is 2.32. The molecule has 1 atom stereocenters. The van der Waals surface area contributed by atoms with Crippen LogP contribution in [0.25, 0.3) is 11.5 Å². The Morgan fingerprint density at radius 1 is 1.32 bits per heavy atom. The largest absolute Gasteiger partial charge is 0.434 e. The lowest BCUT2D eigenvalue weighted by Crippen LogP contribution is -2.36. The van der Waals surface area contributed by atoms with Crippen molar-refractivity contribution in [2.45, 2.75) is 32.7 Å². The molecule has 1 saturated heterocycles. The molecule has 1 aromatic carbocycles. The summed E-state index contributed by atoms with van der Waals surface area (Å²) in [5, 5.41) is 13.8. The van der Waals surface area contributed by atoms with Crippen molar-refractivity contribution in [1.29, 1.82) is 0 Å². The minimum atomic E-state index is -0.565. The van der Waals surface area contributed by atoms with Crippen molar-refractivity contribution in [3.8, 4) is 11.5 Å². The molecule has 2 aromatic rings. The third-order valence-corrected chi connectivity index (χ3v) is 4.92. The molecule has 0 spiro atoms. The number of halogens is 3. The Kier molecular flexibility index (Phi) is 8.28. The fourth-order valence-corrected chi connectivity index (χ4v) is 3.22. The van der Waals surface area contributed by atoms with Crippen molar-refractivity contribution in [1.82, 2.24) is 15.5 Å². The number of hydrogen-bond donors (Lipinski definition) is 3. The van der Waals surface area contributed by atoms with Gasteiger partial charge in [0.2, 0.25) is 5.89 Å². The summed E-state index contributed by atoms with van der Waals surface area (Å²) in [4.78, 5) is 11.2. The highest BCUT2D eigenvalue weighted by molar-refractivity contribution is 6.34. The molecule has 0 unspecified atom stereocenters.